The van der Waals surface area contributed by atoms with Crippen LogP contribution in [-0.4, -0.2) is 42.9 Å². The molecule has 0 radical (unpaired) electrons. The third-order valence-corrected chi connectivity index (χ3v) is 6.82. The Balaban J connectivity index is 2.60. The van der Waals surface area contributed by atoms with Crippen LogP contribution < -0.4 is 4.52 Å². The molecule has 0 atom stereocenters. The Bertz CT molecular complexity index is 743. The zero-order valence-corrected chi connectivity index (χ0v) is 19.8. The maximum atomic E-state index is 14.2. The zero-order chi connectivity index (χ0) is 20.5. The highest BCUT2D eigenvalue weighted by atomic mass is 79.9. The number of alkyl halides is 2. The van der Waals surface area contributed by atoms with E-state index in [1.807, 2.05) is 0 Å². The predicted octanol–water partition coefficient (Wildman–Crippen LogP) is 4.75. The minimum Gasteiger partial charge on any atom is -0.414 e. The van der Waals surface area contributed by atoms with E-state index in [4.69, 9.17) is 4.52 Å². The first-order valence-electron chi connectivity index (χ1n) is 8.40. The second kappa shape index (κ2) is 8.10. The average molecular weight is 522 g/mol. The fourth-order valence-corrected chi connectivity index (χ4v) is 5.53. The lowest BCUT2D eigenvalue weighted by Crippen LogP contribution is -2.48. The molecule has 1 aliphatic rings. The maximum absolute atomic E-state index is 14.2. The number of benzene rings is 1. The molecule has 0 aliphatic carbocycles. The van der Waals surface area contributed by atoms with Gasteiger partial charge in [0, 0.05) is 0 Å². The fourth-order valence-electron chi connectivity index (χ4n) is 2.41. The molecule has 2 amide bonds. The topological polar surface area (TPSA) is 66.9 Å². The van der Waals surface area contributed by atoms with E-state index in [-0.39, 0.29) is 13.1 Å². The van der Waals surface area contributed by atoms with Gasteiger partial charge in [-0.15, -0.1) is 0 Å². The van der Waals surface area contributed by atoms with Crippen LogP contribution in [0.2, 0.25) is 0 Å². The van der Waals surface area contributed by atoms with Gasteiger partial charge in [-0.2, -0.15) is 0 Å². The highest BCUT2D eigenvalue weighted by Gasteiger charge is 2.51. The van der Waals surface area contributed by atoms with Gasteiger partial charge in [-0.3, -0.25) is 9.59 Å². The first kappa shape index (κ1) is 22.2. The maximum Gasteiger partial charge on any atom is 0.454 e. The number of hydrogen-bond acceptors (Lipinski definition) is 4. The molecular formula is C18H23Br2N2O4P. The number of carbonyl (C=O) groups excluding carboxylic acids is 2. The third kappa shape index (κ3) is 5.04. The molecule has 1 aromatic rings. The van der Waals surface area contributed by atoms with E-state index in [0.29, 0.717) is 5.75 Å². The summed E-state index contributed by atoms with van der Waals surface area (Å²) in [6.45, 7) is 6.80. The molecule has 6 nitrogen and oxygen atoms in total. The second-order valence-electron chi connectivity index (χ2n) is 7.09. The lowest BCUT2D eigenvalue weighted by molar-refractivity contribution is -0.130. The molecule has 2 rings (SSSR count). The Kier molecular flexibility index (Phi) is 6.65. The Morgan fingerprint density at radius 1 is 0.926 bits per heavy atom. The van der Waals surface area contributed by atoms with Crippen molar-refractivity contribution in [3.8, 4) is 5.75 Å². The van der Waals surface area contributed by atoms with Crippen LogP contribution in [0, 0.1) is 0 Å². The van der Waals surface area contributed by atoms with E-state index in [9.17, 15) is 14.2 Å². The average Bonchev–Trinajstić information content (AvgIpc) is 2.71. The molecular weight excluding hydrogens is 499 g/mol. The minimum absolute atomic E-state index is 0.0739. The van der Waals surface area contributed by atoms with Crippen LogP contribution in [0.3, 0.4) is 0 Å². The Morgan fingerprint density at radius 2 is 1.33 bits per heavy atom. The molecule has 0 saturated heterocycles. The minimum atomic E-state index is -4.06. The Hall–Kier alpha value is -1.11. The van der Waals surface area contributed by atoms with Crippen molar-refractivity contribution in [1.82, 2.24) is 9.34 Å². The van der Waals surface area contributed by atoms with Crippen molar-refractivity contribution in [3.05, 3.63) is 42.5 Å². The zero-order valence-electron chi connectivity index (χ0n) is 15.7. The summed E-state index contributed by atoms with van der Waals surface area (Å²) >= 11 is 6.67. The Labute approximate surface area is 176 Å². The molecule has 0 N–H and O–H groups in total. The highest BCUT2D eigenvalue weighted by molar-refractivity contribution is 9.10. The van der Waals surface area contributed by atoms with Gasteiger partial charge in [0.25, 0.3) is 0 Å². The SMILES string of the molecule is CC(C)(Br)C(=O)N1CC=CCN(C(=O)C(C)(C)Br)P1(=O)Oc1ccccc1. The summed E-state index contributed by atoms with van der Waals surface area (Å²) in [5, 5.41) is 0. The number of amides is 2. The number of para-hydroxylation sites is 1. The van der Waals surface area contributed by atoms with Crippen molar-refractivity contribution in [1.29, 1.82) is 0 Å². The molecule has 1 aliphatic heterocycles. The van der Waals surface area contributed by atoms with Crippen molar-refractivity contribution in [3.63, 3.8) is 0 Å². The van der Waals surface area contributed by atoms with Gasteiger partial charge >= 0.3 is 7.67 Å². The van der Waals surface area contributed by atoms with E-state index >= 15 is 0 Å². The smallest absolute Gasteiger partial charge is 0.414 e. The number of nitrogens with zero attached hydrogens (tertiary/aromatic N) is 2. The van der Waals surface area contributed by atoms with Crippen molar-refractivity contribution < 1.29 is 18.7 Å². The summed E-state index contributed by atoms with van der Waals surface area (Å²) in [5.41, 5.74) is 0. The van der Waals surface area contributed by atoms with E-state index < -0.39 is 28.1 Å². The van der Waals surface area contributed by atoms with Crippen LogP contribution in [0.25, 0.3) is 0 Å². The van der Waals surface area contributed by atoms with Gasteiger partial charge in [0.1, 0.15) is 5.75 Å². The molecule has 9 heteroatoms. The number of hydrogen-bond donors (Lipinski definition) is 0. The van der Waals surface area contributed by atoms with Crippen molar-refractivity contribution in [2.24, 2.45) is 0 Å². The standard InChI is InChI=1S/C18H23Br2N2O4P/c1-17(2,19)15(23)21-12-8-9-13-22(16(24)18(3,4)20)27(21,25)26-14-10-6-5-7-11-14/h5-11H,12-13H2,1-4H3. The molecule has 1 aromatic carbocycles. The summed E-state index contributed by atoms with van der Waals surface area (Å²) in [4.78, 5) is 26.1. The van der Waals surface area contributed by atoms with Crippen LogP contribution in [0.15, 0.2) is 42.5 Å². The molecule has 0 saturated carbocycles. The van der Waals surface area contributed by atoms with E-state index in [1.165, 1.54) is 0 Å². The van der Waals surface area contributed by atoms with E-state index in [2.05, 4.69) is 31.9 Å². The van der Waals surface area contributed by atoms with E-state index in [1.54, 1.807) is 70.2 Å². The van der Waals surface area contributed by atoms with Gasteiger partial charge in [-0.1, -0.05) is 62.2 Å². The normalized spacial score (nSPS) is 17.4. The highest BCUT2D eigenvalue weighted by Crippen LogP contribution is 2.57. The number of rotatable bonds is 4. The quantitative estimate of drug-likeness (QED) is 0.326. The van der Waals surface area contributed by atoms with Gasteiger partial charge in [-0.05, 0) is 39.8 Å². The summed E-state index contributed by atoms with van der Waals surface area (Å²) < 4.78 is 20.4. The van der Waals surface area contributed by atoms with Crippen LogP contribution in [0.4, 0.5) is 0 Å². The molecule has 148 valence electrons. The monoisotopic (exact) mass is 520 g/mol. The lowest BCUT2D eigenvalue weighted by Gasteiger charge is -2.39. The summed E-state index contributed by atoms with van der Waals surface area (Å²) in [6, 6.07) is 8.55. The van der Waals surface area contributed by atoms with Crippen LogP contribution in [0.1, 0.15) is 27.7 Å². The largest absolute Gasteiger partial charge is 0.454 e. The third-order valence-electron chi connectivity index (χ3n) is 3.79. The predicted molar refractivity (Wildman–Crippen MR) is 113 cm³/mol. The lowest BCUT2D eigenvalue weighted by atomic mass is 10.2. The first-order chi connectivity index (χ1) is 12.4. The molecule has 0 unspecified atom stereocenters. The number of carbonyl (C=O) groups is 2. The van der Waals surface area contributed by atoms with Crippen molar-refractivity contribution in [2.75, 3.05) is 13.1 Å². The molecule has 0 aromatic heterocycles. The fraction of sp³-hybridized carbons (Fsp3) is 0.444. The van der Waals surface area contributed by atoms with Crippen molar-refractivity contribution in [2.45, 2.75) is 36.3 Å². The molecule has 0 spiro atoms. The second-order valence-corrected chi connectivity index (χ2v) is 13.2. The Morgan fingerprint density at radius 3 is 1.70 bits per heavy atom. The van der Waals surface area contributed by atoms with Crippen LogP contribution in [-0.2, 0) is 14.2 Å². The summed E-state index contributed by atoms with van der Waals surface area (Å²) in [6.07, 6.45) is 3.43. The van der Waals surface area contributed by atoms with Crippen LogP contribution >= 0.6 is 39.5 Å². The van der Waals surface area contributed by atoms with Crippen LogP contribution in [0.5, 0.6) is 5.75 Å². The summed E-state index contributed by atoms with van der Waals surface area (Å²) in [5.74, 6) is -0.546. The summed E-state index contributed by atoms with van der Waals surface area (Å²) in [7, 11) is -4.06. The van der Waals surface area contributed by atoms with Crippen molar-refractivity contribution >= 4 is 51.3 Å². The van der Waals surface area contributed by atoms with Gasteiger partial charge in [0.15, 0.2) is 0 Å². The van der Waals surface area contributed by atoms with Gasteiger partial charge in [-0.25, -0.2) is 13.9 Å². The first-order valence-corrected chi connectivity index (χ1v) is 11.5. The molecule has 0 bridgehead atoms. The van der Waals surface area contributed by atoms with Gasteiger partial charge in [0.05, 0.1) is 21.7 Å². The molecule has 1 heterocycles. The van der Waals surface area contributed by atoms with Gasteiger partial charge < -0.3 is 4.52 Å². The number of halogens is 2. The van der Waals surface area contributed by atoms with Gasteiger partial charge in [0.2, 0.25) is 11.8 Å². The molecule has 27 heavy (non-hydrogen) atoms. The molecule has 0 fully saturated rings. The van der Waals surface area contributed by atoms with E-state index in [0.717, 1.165) is 9.34 Å².